The molecule has 0 fully saturated rings. The molecule has 6 heteroatoms. The van der Waals surface area contributed by atoms with Crippen molar-refractivity contribution >= 4 is 17.4 Å². The van der Waals surface area contributed by atoms with Crippen LogP contribution in [0.2, 0.25) is 0 Å². The summed E-state index contributed by atoms with van der Waals surface area (Å²) >= 11 is 0. The van der Waals surface area contributed by atoms with Gasteiger partial charge in [-0.3, -0.25) is 4.79 Å². The Kier molecular flexibility index (Phi) is 4.33. The molecule has 0 saturated heterocycles. The highest BCUT2D eigenvalue weighted by atomic mass is 16.2. The molecule has 4 rings (SSSR count). The highest BCUT2D eigenvalue weighted by Crippen LogP contribution is 2.12. The van der Waals surface area contributed by atoms with Crippen molar-refractivity contribution in [2.45, 2.75) is 6.92 Å². The fourth-order valence-corrected chi connectivity index (χ4v) is 2.53. The van der Waals surface area contributed by atoms with Crippen molar-refractivity contribution in [1.82, 2.24) is 19.6 Å². The van der Waals surface area contributed by atoms with Crippen LogP contribution in [0.25, 0.3) is 5.78 Å². The predicted octanol–water partition coefficient (Wildman–Crippen LogP) is 3.08. The molecule has 2 heterocycles. The fourth-order valence-electron chi connectivity index (χ4n) is 2.53. The van der Waals surface area contributed by atoms with Crippen LogP contribution in [-0.2, 0) is 0 Å². The van der Waals surface area contributed by atoms with Gasteiger partial charge in [0.2, 0.25) is 5.82 Å². The second-order valence-electron chi connectivity index (χ2n) is 5.88. The highest BCUT2D eigenvalue weighted by Gasteiger charge is 2.14. The zero-order chi connectivity index (χ0) is 18.6. The third-order valence-corrected chi connectivity index (χ3v) is 3.88. The Labute approximate surface area is 155 Å². The Morgan fingerprint density at radius 3 is 2.59 bits per heavy atom. The van der Waals surface area contributed by atoms with Gasteiger partial charge in [-0.25, -0.2) is 9.50 Å². The zero-order valence-electron chi connectivity index (χ0n) is 14.5. The number of fused-ring (bicyclic) bond motifs is 1. The second-order valence-corrected chi connectivity index (χ2v) is 5.88. The van der Waals surface area contributed by atoms with E-state index in [2.05, 4.69) is 32.2 Å². The number of rotatable bonds is 2. The van der Waals surface area contributed by atoms with E-state index in [0.29, 0.717) is 11.5 Å². The lowest BCUT2D eigenvalue weighted by molar-refractivity contribution is 0.101. The van der Waals surface area contributed by atoms with Crippen molar-refractivity contribution < 1.29 is 4.79 Å². The van der Waals surface area contributed by atoms with Crippen molar-refractivity contribution in [3.8, 4) is 11.8 Å². The van der Waals surface area contributed by atoms with Crippen LogP contribution in [0.15, 0.2) is 66.9 Å². The minimum Gasteiger partial charge on any atom is -0.319 e. The number of carbonyl (C=O) groups excluding carboxylic acids is 1. The van der Waals surface area contributed by atoms with Gasteiger partial charge in [-0.05, 0) is 43.3 Å². The lowest BCUT2D eigenvalue weighted by atomic mass is 10.1. The van der Waals surface area contributed by atoms with E-state index in [9.17, 15) is 4.79 Å². The number of hydrogen-bond acceptors (Lipinski definition) is 4. The quantitative estimate of drug-likeness (QED) is 0.562. The summed E-state index contributed by atoms with van der Waals surface area (Å²) < 4.78 is 1.54. The zero-order valence-corrected chi connectivity index (χ0v) is 14.5. The van der Waals surface area contributed by atoms with Gasteiger partial charge in [-0.1, -0.05) is 36.1 Å². The van der Waals surface area contributed by atoms with E-state index in [0.717, 1.165) is 16.8 Å². The molecule has 0 radical (unpaired) electrons. The molecular weight excluding hydrogens is 338 g/mol. The average molecular weight is 353 g/mol. The normalized spacial score (nSPS) is 10.3. The van der Waals surface area contributed by atoms with Crippen molar-refractivity contribution in [3.05, 3.63) is 89.5 Å². The van der Waals surface area contributed by atoms with Crippen molar-refractivity contribution in [3.63, 3.8) is 0 Å². The van der Waals surface area contributed by atoms with Gasteiger partial charge in [0.25, 0.3) is 11.7 Å². The number of nitrogens with zero attached hydrogens (tertiary/aromatic N) is 4. The number of aromatic nitrogens is 4. The van der Waals surface area contributed by atoms with E-state index in [1.54, 1.807) is 18.3 Å². The Hall–Kier alpha value is -3.98. The molecule has 0 aliphatic rings. The van der Waals surface area contributed by atoms with Crippen LogP contribution < -0.4 is 5.32 Å². The summed E-state index contributed by atoms with van der Waals surface area (Å²) in [4.78, 5) is 20.8. The minimum atomic E-state index is -0.395. The summed E-state index contributed by atoms with van der Waals surface area (Å²) in [5.74, 6) is 6.26. The van der Waals surface area contributed by atoms with Gasteiger partial charge in [-0.2, -0.15) is 4.98 Å². The maximum absolute atomic E-state index is 12.5. The summed E-state index contributed by atoms with van der Waals surface area (Å²) in [6.07, 6.45) is 1.63. The Morgan fingerprint density at radius 2 is 1.78 bits per heavy atom. The van der Waals surface area contributed by atoms with Crippen molar-refractivity contribution in [1.29, 1.82) is 0 Å². The third-order valence-electron chi connectivity index (χ3n) is 3.88. The van der Waals surface area contributed by atoms with Crippen molar-refractivity contribution in [2.75, 3.05) is 5.32 Å². The topological polar surface area (TPSA) is 72.2 Å². The molecule has 4 aromatic rings. The molecule has 0 bridgehead atoms. The van der Waals surface area contributed by atoms with Gasteiger partial charge in [0.05, 0.1) is 0 Å². The molecule has 0 spiro atoms. The first-order valence-corrected chi connectivity index (χ1v) is 8.36. The van der Waals surface area contributed by atoms with E-state index >= 15 is 0 Å². The fraction of sp³-hybridized carbons (Fsp3) is 0.0476. The maximum Gasteiger partial charge on any atom is 0.295 e. The van der Waals surface area contributed by atoms with Crippen LogP contribution >= 0.6 is 0 Å². The van der Waals surface area contributed by atoms with Crippen LogP contribution in [0.3, 0.4) is 0 Å². The summed E-state index contributed by atoms with van der Waals surface area (Å²) in [5, 5.41) is 7.01. The molecule has 130 valence electrons. The van der Waals surface area contributed by atoms with Crippen LogP contribution in [0.1, 0.15) is 27.4 Å². The van der Waals surface area contributed by atoms with Gasteiger partial charge >= 0.3 is 0 Å². The number of aryl methyl sites for hydroxylation is 1. The molecule has 2 aromatic heterocycles. The molecule has 0 saturated carbocycles. The summed E-state index contributed by atoms with van der Waals surface area (Å²) in [5.41, 5.74) is 3.22. The van der Waals surface area contributed by atoms with E-state index < -0.39 is 5.91 Å². The molecule has 1 amide bonds. The van der Waals surface area contributed by atoms with Gasteiger partial charge in [0, 0.05) is 28.7 Å². The maximum atomic E-state index is 12.5. The van der Waals surface area contributed by atoms with Crippen LogP contribution in [0.5, 0.6) is 0 Å². The SMILES string of the molecule is Cc1ccnc2nc(C(=O)Nc3cccc(C#Cc4ccccc4)c3)nn12. The number of nitrogens with one attached hydrogen (secondary N) is 1. The molecular formula is C21H15N5O. The van der Waals surface area contributed by atoms with Gasteiger partial charge in [0.15, 0.2) is 0 Å². The molecule has 0 unspecified atom stereocenters. The van der Waals surface area contributed by atoms with E-state index in [1.165, 1.54) is 4.52 Å². The summed E-state index contributed by atoms with van der Waals surface area (Å²) in [7, 11) is 0. The van der Waals surface area contributed by atoms with Gasteiger partial charge in [-0.15, -0.1) is 5.10 Å². The summed E-state index contributed by atoms with van der Waals surface area (Å²) in [6, 6.07) is 18.9. The lowest BCUT2D eigenvalue weighted by Gasteiger charge is -2.02. The Balaban J connectivity index is 1.55. The number of amides is 1. The first-order valence-electron chi connectivity index (χ1n) is 8.36. The Bertz CT molecular complexity index is 1190. The molecule has 0 aliphatic carbocycles. The predicted molar refractivity (Wildman–Crippen MR) is 102 cm³/mol. The standard InChI is InChI=1S/C21H15N5O/c1-15-12-13-22-21-24-19(25-26(15)21)20(27)23-18-9-5-8-17(14-18)11-10-16-6-3-2-4-7-16/h2-9,12-14H,1H3,(H,23,27). The van der Waals surface area contributed by atoms with Crippen molar-refractivity contribution in [2.24, 2.45) is 0 Å². The Morgan fingerprint density at radius 1 is 1.00 bits per heavy atom. The molecule has 1 N–H and O–H groups in total. The monoisotopic (exact) mass is 353 g/mol. The van der Waals surface area contributed by atoms with Crippen LogP contribution in [0, 0.1) is 18.8 Å². The number of hydrogen-bond donors (Lipinski definition) is 1. The van der Waals surface area contributed by atoms with E-state index in [-0.39, 0.29) is 5.82 Å². The summed E-state index contributed by atoms with van der Waals surface area (Å²) in [6.45, 7) is 1.87. The minimum absolute atomic E-state index is 0.0672. The van der Waals surface area contributed by atoms with E-state index in [4.69, 9.17) is 0 Å². The highest BCUT2D eigenvalue weighted by molar-refractivity contribution is 6.01. The smallest absolute Gasteiger partial charge is 0.295 e. The van der Waals surface area contributed by atoms with Gasteiger partial charge < -0.3 is 5.32 Å². The second kappa shape index (κ2) is 7.10. The van der Waals surface area contributed by atoms with E-state index in [1.807, 2.05) is 55.5 Å². The molecule has 27 heavy (non-hydrogen) atoms. The van der Waals surface area contributed by atoms with Crippen LogP contribution in [0.4, 0.5) is 5.69 Å². The molecule has 2 aromatic carbocycles. The molecule has 0 atom stereocenters. The first kappa shape index (κ1) is 16.5. The third kappa shape index (κ3) is 3.67. The largest absolute Gasteiger partial charge is 0.319 e. The number of anilines is 1. The number of benzene rings is 2. The average Bonchev–Trinajstić information content (AvgIpc) is 3.14. The molecule has 6 nitrogen and oxygen atoms in total. The number of carbonyl (C=O) groups is 1. The van der Waals surface area contributed by atoms with Gasteiger partial charge in [0.1, 0.15) is 0 Å². The van der Waals surface area contributed by atoms with Crippen LogP contribution in [-0.4, -0.2) is 25.5 Å². The lowest BCUT2D eigenvalue weighted by Crippen LogP contribution is -2.14. The molecule has 0 aliphatic heterocycles. The first-order chi connectivity index (χ1) is 13.2.